The minimum atomic E-state index is -0.624. The van der Waals surface area contributed by atoms with Gasteiger partial charge in [-0.2, -0.15) is 0 Å². The number of rotatable bonds is 10. The average molecular weight is 419 g/mol. The van der Waals surface area contributed by atoms with Gasteiger partial charge < -0.3 is 20.1 Å². The molecule has 0 aliphatic heterocycles. The molecular formula is C21H23ClN2O5. The predicted molar refractivity (Wildman–Crippen MR) is 109 cm³/mol. The minimum Gasteiger partial charge on any atom is -0.489 e. The summed E-state index contributed by atoms with van der Waals surface area (Å²) in [6.45, 7) is 2.20. The number of nitrogens with one attached hydrogen (secondary N) is 2. The van der Waals surface area contributed by atoms with Crippen LogP contribution in [0.2, 0.25) is 5.02 Å². The standard InChI is InChI=1S/C21H23ClN2O5/c1-2-11-23-19(25)12-24-20(26)14-29-21(27)16-5-3-15(4-6-16)13-28-18-9-7-17(22)8-10-18/h3-10H,2,11-14H2,1H3,(H,23,25)(H,24,26). The van der Waals surface area contributed by atoms with E-state index in [0.29, 0.717) is 29.5 Å². The van der Waals surface area contributed by atoms with Crippen molar-refractivity contribution in [2.75, 3.05) is 19.7 Å². The SMILES string of the molecule is CCCNC(=O)CNC(=O)COC(=O)c1ccc(COc2ccc(Cl)cc2)cc1. The van der Waals surface area contributed by atoms with E-state index in [2.05, 4.69) is 10.6 Å². The average Bonchev–Trinajstić information content (AvgIpc) is 2.74. The molecule has 0 saturated heterocycles. The third-order valence-corrected chi connectivity index (χ3v) is 4.01. The number of ether oxygens (including phenoxy) is 2. The molecule has 29 heavy (non-hydrogen) atoms. The molecule has 0 aliphatic carbocycles. The molecule has 0 radical (unpaired) electrons. The van der Waals surface area contributed by atoms with Gasteiger partial charge in [0.25, 0.3) is 5.91 Å². The lowest BCUT2D eigenvalue weighted by Crippen LogP contribution is -2.38. The van der Waals surface area contributed by atoms with Gasteiger partial charge in [0.15, 0.2) is 6.61 Å². The lowest BCUT2D eigenvalue weighted by atomic mass is 10.1. The largest absolute Gasteiger partial charge is 0.489 e. The molecule has 0 bridgehead atoms. The maximum absolute atomic E-state index is 12.0. The highest BCUT2D eigenvalue weighted by Gasteiger charge is 2.11. The van der Waals surface area contributed by atoms with E-state index in [1.165, 1.54) is 0 Å². The maximum Gasteiger partial charge on any atom is 0.338 e. The topological polar surface area (TPSA) is 93.7 Å². The Hall–Kier alpha value is -3.06. The molecule has 0 fully saturated rings. The van der Waals surface area contributed by atoms with Crippen molar-refractivity contribution in [1.29, 1.82) is 0 Å². The van der Waals surface area contributed by atoms with Crippen LogP contribution < -0.4 is 15.4 Å². The second-order valence-corrected chi connectivity index (χ2v) is 6.58. The Balaban J connectivity index is 1.73. The summed E-state index contributed by atoms with van der Waals surface area (Å²) in [7, 11) is 0. The third-order valence-electron chi connectivity index (χ3n) is 3.76. The van der Waals surface area contributed by atoms with Crippen LogP contribution in [-0.4, -0.2) is 37.5 Å². The number of benzene rings is 2. The lowest BCUT2D eigenvalue weighted by Gasteiger charge is -2.08. The zero-order chi connectivity index (χ0) is 21.1. The normalized spacial score (nSPS) is 10.1. The monoisotopic (exact) mass is 418 g/mol. The number of hydrogen-bond donors (Lipinski definition) is 2. The van der Waals surface area contributed by atoms with E-state index in [9.17, 15) is 14.4 Å². The zero-order valence-electron chi connectivity index (χ0n) is 16.1. The van der Waals surface area contributed by atoms with Crippen molar-refractivity contribution in [2.45, 2.75) is 20.0 Å². The van der Waals surface area contributed by atoms with Gasteiger partial charge in [0.2, 0.25) is 5.91 Å². The first-order chi connectivity index (χ1) is 14.0. The summed E-state index contributed by atoms with van der Waals surface area (Å²) >= 11 is 5.83. The van der Waals surface area contributed by atoms with Crippen molar-refractivity contribution in [3.63, 3.8) is 0 Å². The summed E-state index contributed by atoms with van der Waals surface area (Å²) in [6, 6.07) is 13.7. The van der Waals surface area contributed by atoms with Gasteiger partial charge in [-0.05, 0) is 48.4 Å². The Labute approximate surface area is 174 Å². The summed E-state index contributed by atoms with van der Waals surface area (Å²) in [4.78, 5) is 35.1. The van der Waals surface area contributed by atoms with E-state index in [4.69, 9.17) is 21.1 Å². The molecule has 0 unspecified atom stereocenters. The molecule has 0 spiro atoms. The summed E-state index contributed by atoms with van der Waals surface area (Å²) in [6.07, 6.45) is 0.809. The number of amides is 2. The Morgan fingerprint density at radius 3 is 2.28 bits per heavy atom. The van der Waals surface area contributed by atoms with E-state index in [1.807, 2.05) is 6.92 Å². The Morgan fingerprint density at radius 2 is 1.62 bits per heavy atom. The van der Waals surface area contributed by atoms with Gasteiger partial charge in [-0.15, -0.1) is 0 Å². The fourth-order valence-corrected chi connectivity index (χ4v) is 2.33. The fourth-order valence-electron chi connectivity index (χ4n) is 2.21. The fraction of sp³-hybridized carbons (Fsp3) is 0.286. The van der Waals surface area contributed by atoms with Crippen molar-refractivity contribution in [3.8, 4) is 5.75 Å². The number of halogens is 1. The molecule has 7 nitrogen and oxygen atoms in total. The van der Waals surface area contributed by atoms with Crippen molar-refractivity contribution in [2.24, 2.45) is 0 Å². The van der Waals surface area contributed by atoms with Gasteiger partial charge in [0.05, 0.1) is 12.1 Å². The Kier molecular flexibility index (Phi) is 8.98. The molecule has 0 heterocycles. The first-order valence-corrected chi connectivity index (χ1v) is 9.53. The van der Waals surface area contributed by atoms with Gasteiger partial charge in [-0.1, -0.05) is 30.7 Å². The first kappa shape index (κ1) is 22.2. The molecule has 2 aromatic rings. The van der Waals surface area contributed by atoms with Crippen LogP contribution in [0.1, 0.15) is 29.3 Å². The smallest absolute Gasteiger partial charge is 0.338 e. The molecular weight excluding hydrogens is 396 g/mol. The zero-order valence-corrected chi connectivity index (χ0v) is 16.8. The number of esters is 1. The molecule has 0 aromatic heterocycles. The van der Waals surface area contributed by atoms with E-state index in [-0.39, 0.29) is 12.5 Å². The molecule has 154 valence electrons. The van der Waals surface area contributed by atoms with Crippen LogP contribution in [0, 0.1) is 0 Å². The highest BCUT2D eigenvalue weighted by molar-refractivity contribution is 6.30. The number of hydrogen-bond acceptors (Lipinski definition) is 5. The van der Waals surface area contributed by atoms with Crippen LogP contribution in [0.5, 0.6) is 5.75 Å². The molecule has 0 saturated carbocycles. The summed E-state index contributed by atoms with van der Waals surface area (Å²) in [5, 5.41) is 5.65. The molecule has 0 aliphatic rings. The molecule has 2 rings (SSSR count). The summed E-state index contributed by atoms with van der Waals surface area (Å²) in [5.74, 6) is -0.769. The second-order valence-electron chi connectivity index (χ2n) is 6.14. The van der Waals surface area contributed by atoms with Crippen molar-refractivity contribution in [1.82, 2.24) is 10.6 Å². The van der Waals surface area contributed by atoms with E-state index >= 15 is 0 Å². The van der Waals surface area contributed by atoms with Crippen LogP contribution in [-0.2, 0) is 20.9 Å². The van der Waals surface area contributed by atoms with Gasteiger partial charge in [0, 0.05) is 11.6 Å². The number of carbonyl (C=O) groups excluding carboxylic acids is 3. The van der Waals surface area contributed by atoms with Crippen molar-refractivity contribution >= 4 is 29.4 Å². The van der Waals surface area contributed by atoms with Gasteiger partial charge in [-0.25, -0.2) is 4.79 Å². The second kappa shape index (κ2) is 11.7. The van der Waals surface area contributed by atoms with Crippen molar-refractivity contribution < 1.29 is 23.9 Å². The minimum absolute atomic E-state index is 0.154. The molecule has 2 aromatic carbocycles. The molecule has 8 heteroatoms. The van der Waals surface area contributed by atoms with Gasteiger partial charge in [-0.3, -0.25) is 9.59 Å². The van der Waals surface area contributed by atoms with Crippen LogP contribution in [0.15, 0.2) is 48.5 Å². The number of carbonyl (C=O) groups is 3. The highest BCUT2D eigenvalue weighted by Crippen LogP contribution is 2.17. The summed E-state index contributed by atoms with van der Waals surface area (Å²) in [5.41, 5.74) is 1.18. The van der Waals surface area contributed by atoms with E-state index in [1.54, 1.807) is 48.5 Å². The summed E-state index contributed by atoms with van der Waals surface area (Å²) < 4.78 is 10.6. The lowest BCUT2D eigenvalue weighted by molar-refractivity contribution is -0.127. The Bertz CT molecular complexity index is 822. The van der Waals surface area contributed by atoms with Crippen LogP contribution in [0.25, 0.3) is 0 Å². The van der Waals surface area contributed by atoms with Crippen LogP contribution in [0.4, 0.5) is 0 Å². The van der Waals surface area contributed by atoms with Crippen LogP contribution in [0.3, 0.4) is 0 Å². The van der Waals surface area contributed by atoms with Crippen molar-refractivity contribution in [3.05, 3.63) is 64.7 Å². The van der Waals surface area contributed by atoms with Gasteiger partial charge in [0.1, 0.15) is 12.4 Å². The van der Waals surface area contributed by atoms with Gasteiger partial charge >= 0.3 is 5.97 Å². The van der Waals surface area contributed by atoms with E-state index < -0.39 is 18.5 Å². The Morgan fingerprint density at radius 1 is 0.931 bits per heavy atom. The molecule has 2 N–H and O–H groups in total. The molecule has 2 amide bonds. The van der Waals surface area contributed by atoms with E-state index in [0.717, 1.165) is 12.0 Å². The molecule has 0 atom stereocenters. The third kappa shape index (κ3) is 8.23. The quantitative estimate of drug-likeness (QED) is 0.578. The maximum atomic E-state index is 12.0. The van der Waals surface area contributed by atoms with Crippen LogP contribution >= 0.6 is 11.6 Å². The predicted octanol–water partition coefficient (Wildman–Crippen LogP) is 2.72. The highest BCUT2D eigenvalue weighted by atomic mass is 35.5. The first-order valence-electron chi connectivity index (χ1n) is 9.15.